The highest BCUT2D eigenvalue weighted by atomic mass is 16.2. The summed E-state index contributed by atoms with van der Waals surface area (Å²) in [6.45, 7) is 5.55. The number of primary amides is 1. The Kier molecular flexibility index (Phi) is 7.36. The smallest absolute Gasteiger partial charge is 0.223 e. The normalized spacial score (nSPS) is 20.7. The number of rotatable bonds is 7. The van der Waals surface area contributed by atoms with E-state index in [2.05, 4.69) is 5.32 Å². The van der Waals surface area contributed by atoms with Crippen molar-refractivity contribution in [2.75, 3.05) is 19.6 Å². The topological polar surface area (TPSA) is 92.5 Å². The second kappa shape index (κ2) is 8.77. The summed E-state index contributed by atoms with van der Waals surface area (Å²) >= 11 is 0. The van der Waals surface area contributed by atoms with E-state index < -0.39 is 5.91 Å². The van der Waals surface area contributed by atoms with E-state index in [1.54, 1.807) is 4.90 Å². The molecule has 120 valence electrons. The van der Waals surface area contributed by atoms with Gasteiger partial charge in [0.05, 0.1) is 12.6 Å². The van der Waals surface area contributed by atoms with Gasteiger partial charge in [0.15, 0.2) is 5.78 Å². The molecule has 6 nitrogen and oxygen atoms in total. The van der Waals surface area contributed by atoms with Gasteiger partial charge in [-0.1, -0.05) is 13.8 Å². The molecular formula is C15H27N3O3. The second-order valence-corrected chi connectivity index (χ2v) is 5.87. The fourth-order valence-corrected chi connectivity index (χ4v) is 2.77. The van der Waals surface area contributed by atoms with E-state index in [0.717, 1.165) is 19.4 Å². The lowest BCUT2D eigenvalue weighted by molar-refractivity contribution is -0.140. The van der Waals surface area contributed by atoms with Crippen LogP contribution in [0.2, 0.25) is 0 Å². The van der Waals surface area contributed by atoms with Crippen molar-refractivity contribution in [2.45, 2.75) is 52.0 Å². The molecule has 1 unspecified atom stereocenters. The van der Waals surface area contributed by atoms with Gasteiger partial charge in [-0.25, -0.2) is 0 Å². The van der Waals surface area contributed by atoms with Crippen molar-refractivity contribution in [3.63, 3.8) is 0 Å². The lowest BCUT2D eigenvalue weighted by Gasteiger charge is -2.30. The average Bonchev–Trinajstić information content (AvgIpc) is 2.59. The molecule has 0 aromatic heterocycles. The van der Waals surface area contributed by atoms with Gasteiger partial charge in [-0.3, -0.25) is 14.4 Å². The molecule has 3 N–H and O–H groups in total. The molecule has 0 aliphatic carbocycles. The molecule has 0 radical (unpaired) electrons. The van der Waals surface area contributed by atoms with E-state index in [9.17, 15) is 14.4 Å². The molecule has 6 heteroatoms. The Labute approximate surface area is 126 Å². The van der Waals surface area contributed by atoms with Gasteiger partial charge in [0.25, 0.3) is 0 Å². The first-order valence-corrected chi connectivity index (χ1v) is 7.76. The average molecular weight is 297 g/mol. The Morgan fingerprint density at radius 2 is 2.14 bits per heavy atom. The first-order valence-electron chi connectivity index (χ1n) is 7.76. The first kappa shape index (κ1) is 17.6. The lowest BCUT2D eigenvalue weighted by Crippen LogP contribution is -2.47. The fourth-order valence-electron chi connectivity index (χ4n) is 2.77. The molecule has 1 fully saturated rings. The largest absolute Gasteiger partial charge is 0.370 e. The van der Waals surface area contributed by atoms with Gasteiger partial charge >= 0.3 is 0 Å². The highest BCUT2D eigenvalue weighted by Crippen LogP contribution is 2.16. The molecule has 0 aromatic rings. The number of Topliss-reactive ketones (excluding diaryl/α,β-unsaturated/α-hetero) is 1. The van der Waals surface area contributed by atoms with Crippen LogP contribution in [-0.4, -0.2) is 48.2 Å². The highest BCUT2D eigenvalue weighted by Gasteiger charge is 2.30. The lowest BCUT2D eigenvalue weighted by atomic mass is 10.00. The quantitative estimate of drug-likeness (QED) is 0.713. The molecule has 1 aliphatic heterocycles. The Bertz CT molecular complexity index is 384. The Morgan fingerprint density at radius 1 is 1.43 bits per heavy atom. The third-order valence-electron chi connectivity index (χ3n) is 3.74. The van der Waals surface area contributed by atoms with Crippen molar-refractivity contribution in [1.29, 1.82) is 0 Å². The zero-order valence-electron chi connectivity index (χ0n) is 13.1. The van der Waals surface area contributed by atoms with Crippen molar-refractivity contribution in [2.24, 2.45) is 11.7 Å². The van der Waals surface area contributed by atoms with Crippen molar-refractivity contribution in [1.82, 2.24) is 10.2 Å². The third-order valence-corrected chi connectivity index (χ3v) is 3.74. The van der Waals surface area contributed by atoms with Crippen LogP contribution in [0.1, 0.15) is 46.0 Å². The Balaban J connectivity index is 2.71. The summed E-state index contributed by atoms with van der Waals surface area (Å²) in [6, 6.07) is -0.326. The predicted molar refractivity (Wildman–Crippen MR) is 80.5 cm³/mol. The first-order chi connectivity index (χ1) is 9.95. The summed E-state index contributed by atoms with van der Waals surface area (Å²) in [5.41, 5.74) is 5.16. The minimum atomic E-state index is -0.396. The minimum absolute atomic E-state index is 0.0501. The van der Waals surface area contributed by atoms with Crippen LogP contribution in [0.15, 0.2) is 0 Å². The summed E-state index contributed by atoms with van der Waals surface area (Å²) in [4.78, 5) is 37.3. The molecule has 0 bridgehead atoms. The van der Waals surface area contributed by atoms with Crippen LogP contribution in [-0.2, 0) is 14.4 Å². The van der Waals surface area contributed by atoms with Crippen LogP contribution < -0.4 is 11.1 Å². The van der Waals surface area contributed by atoms with E-state index in [1.165, 1.54) is 0 Å². The summed E-state index contributed by atoms with van der Waals surface area (Å²) in [7, 11) is 0. The number of hydrogen-bond donors (Lipinski definition) is 2. The standard InChI is InChI=1S/C15H27N3O3/c1-3-7-18(12-5-4-6-17-10-13(12)19)15(21)9-11(2)8-14(16)20/h11-12,17H,3-10H2,1-2H3,(H2,16,20)/t11-,12?/m0/s1. The number of nitrogens with two attached hydrogens (primary N) is 1. The molecular weight excluding hydrogens is 270 g/mol. The van der Waals surface area contributed by atoms with E-state index in [-0.39, 0.29) is 36.5 Å². The number of hydrogen-bond acceptors (Lipinski definition) is 4. The van der Waals surface area contributed by atoms with Gasteiger partial charge in [0, 0.05) is 19.4 Å². The number of carbonyl (C=O) groups excluding carboxylic acids is 3. The molecule has 1 saturated heterocycles. The van der Waals surface area contributed by atoms with Crippen LogP contribution in [0, 0.1) is 5.92 Å². The summed E-state index contributed by atoms with van der Waals surface area (Å²) in [6.07, 6.45) is 2.88. The van der Waals surface area contributed by atoms with E-state index in [4.69, 9.17) is 5.73 Å². The zero-order valence-corrected chi connectivity index (χ0v) is 13.1. The molecule has 0 spiro atoms. The Morgan fingerprint density at radius 3 is 2.76 bits per heavy atom. The van der Waals surface area contributed by atoms with Gasteiger partial charge in [-0.2, -0.15) is 0 Å². The molecule has 2 atom stereocenters. The van der Waals surface area contributed by atoms with Gasteiger partial charge in [0.1, 0.15) is 0 Å². The summed E-state index contributed by atoms with van der Waals surface area (Å²) in [5.74, 6) is -0.455. The maximum atomic E-state index is 12.5. The number of nitrogens with zero attached hydrogens (tertiary/aromatic N) is 1. The summed E-state index contributed by atoms with van der Waals surface area (Å²) in [5, 5.41) is 3.08. The van der Waals surface area contributed by atoms with Crippen LogP contribution in [0.25, 0.3) is 0 Å². The molecule has 0 saturated carbocycles. The van der Waals surface area contributed by atoms with E-state index >= 15 is 0 Å². The number of ketones is 1. The van der Waals surface area contributed by atoms with Crippen molar-refractivity contribution < 1.29 is 14.4 Å². The number of nitrogens with one attached hydrogen (secondary N) is 1. The van der Waals surface area contributed by atoms with E-state index in [1.807, 2.05) is 13.8 Å². The number of amides is 2. The molecule has 21 heavy (non-hydrogen) atoms. The van der Waals surface area contributed by atoms with Crippen LogP contribution in [0.3, 0.4) is 0 Å². The maximum Gasteiger partial charge on any atom is 0.223 e. The van der Waals surface area contributed by atoms with Crippen molar-refractivity contribution in [3.8, 4) is 0 Å². The van der Waals surface area contributed by atoms with Gasteiger partial charge in [-0.05, 0) is 31.7 Å². The van der Waals surface area contributed by atoms with Crippen LogP contribution in [0.5, 0.6) is 0 Å². The van der Waals surface area contributed by atoms with Gasteiger partial charge < -0.3 is 16.0 Å². The van der Waals surface area contributed by atoms with Crippen molar-refractivity contribution >= 4 is 17.6 Å². The SMILES string of the molecule is CCCN(C(=O)C[C@@H](C)CC(N)=O)C1CCCNCC1=O. The molecule has 0 aromatic carbocycles. The maximum absolute atomic E-state index is 12.5. The second-order valence-electron chi connectivity index (χ2n) is 5.87. The Hall–Kier alpha value is -1.43. The molecule has 2 amide bonds. The van der Waals surface area contributed by atoms with Gasteiger partial charge in [0.2, 0.25) is 11.8 Å². The molecule has 1 rings (SSSR count). The predicted octanol–water partition coefficient (Wildman–Crippen LogP) is 0.448. The molecule has 1 aliphatic rings. The number of carbonyl (C=O) groups is 3. The van der Waals surface area contributed by atoms with Crippen LogP contribution >= 0.6 is 0 Å². The van der Waals surface area contributed by atoms with Crippen LogP contribution in [0.4, 0.5) is 0 Å². The van der Waals surface area contributed by atoms with Crippen molar-refractivity contribution in [3.05, 3.63) is 0 Å². The monoisotopic (exact) mass is 297 g/mol. The minimum Gasteiger partial charge on any atom is -0.370 e. The third kappa shape index (κ3) is 5.83. The van der Waals surface area contributed by atoms with Gasteiger partial charge in [-0.15, -0.1) is 0 Å². The summed E-state index contributed by atoms with van der Waals surface area (Å²) < 4.78 is 0. The molecule has 1 heterocycles. The zero-order chi connectivity index (χ0) is 15.8. The van der Waals surface area contributed by atoms with E-state index in [0.29, 0.717) is 19.5 Å². The fraction of sp³-hybridized carbons (Fsp3) is 0.800. The highest BCUT2D eigenvalue weighted by molar-refractivity contribution is 5.90.